The van der Waals surface area contributed by atoms with E-state index in [9.17, 15) is 9.59 Å². The summed E-state index contributed by atoms with van der Waals surface area (Å²) in [6.45, 7) is 6.78. The number of carbonyl (C=O) groups is 2. The van der Waals surface area contributed by atoms with E-state index < -0.39 is 11.7 Å². The average Bonchev–Trinajstić information content (AvgIpc) is 3.00. The van der Waals surface area contributed by atoms with Crippen LogP contribution in [0.3, 0.4) is 0 Å². The molecule has 3 rings (SSSR count). The lowest BCUT2D eigenvalue weighted by Crippen LogP contribution is -2.50. The highest BCUT2D eigenvalue weighted by Gasteiger charge is 2.28. The maximum Gasteiger partial charge on any atom is 0.407 e. The molecule has 2 amide bonds. The van der Waals surface area contributed by atoms with Gasteiger partial charge in [-0.3, -0.25) is 4.79 Å². The molecular formula is C18H24N2O5. The van der Waals surface area contributed by atoms with Crippen molar-refractivity contribution in [2.75, 3.05) is 19.9 Å². The number of carbonyl (C=O) groups excluding carboxylic acids is 2. The van der Waals surface area contributed by atoms with Gasteiger partial charge >= 0.3 is 6.09 Å². The van der Waals surface area contributed by atoms with Crippen molar-refractivity contribution in [3.8, 4) is 11.5 Å². The summed E-state index contributed by atoms with van der Waals surface area (Å²) < 4.78 is 15.9. The SMILES string of the molecule is CC(C)(C)OC(=O)NC1CCCN(C(=O)c2ccc3c(c2)OCO3)C1. The smallest absolute Gasteiger partial charge is 0.407 e. The summed E-state index contributed by atoms with van der Waals surface area (Å²) in [5.74, 6) is 1.17. The second-order valence-electron chi connectivity index (χ2n) is 7.30. The van der Waals surface area contributed by atoms with Crippen LogP contribution < -0.4 is 14.8 Å². The Morgan fingerprint density at radius 3 is 2.76 bits per heavy atom. The lowest BCUT2D eigenvalue weighted by atomic mass is 10.0. The molecule has 7 nitrogen and oxygen atoms in total. The van der Waals surface area contributed by atoms with E-state index in [2.05, 4.69) is 5.32 Å². The van der Waals surface area contributed by atoms with Crippen molar-refractivity contribution >= 4 is 12.0 Å². The molecule has 25 heavy (non-hydrogen) atoms. The molecule has 1 aromatic carbocycles. The number of benzene rings is 1. The number of alkyl carbamates (subject to hydrolysis) is 1. The van der Waals surface area contributed by atoms with Gasteiger partial charge in [0.15, 0.2) is 11.5 Å². The van der Waals surface area contributed by atoms with Crippen LogP contribution >= 0.6 is 0 Å². The van der Waals surface area contributed by atoms with Gasteiger partial charge < -0.3 is 24.4 Å². The van der Waals surface area contributed by atoms with E-state index in [4.69, 9.17) is 14.2 Å². The minimum Gasteiger partial charge on any atom is -0.454 e. The number of rotatable bonds is 2. The minimum atomic E-state index is -0.541. The van der Waals surface area contributed by atoms with Crippen LogP contribution in [-0.4, -0.2) is 48.4 Å². The first-order chi connectivity index (χ1) is 11.8. The Hall–Kier alpha value is -2.44. The summed E-state index contributed by atoms with van der Waals surface area (Å²) in [4.78, 5) is 26.4. The third-order valence-corrected chi connectivity index (χ3v) is 4.05. The van der Waals surface area contributed by atoms with Gasteiger partial charge in [0.05, 0.1) is 0 Å². The number of fused-ring (bicyclic) bond motifs is 1. The highest BCUT2D eigenvalue weighted by atomic mass is 16.7. The van der Waals surface area contributed by atoms with Crippen LogP contribution in [0.5, 0.6) is 11.5 Å². The van der Waals surface area contributed by atoms with Crippen LogP contribution in [0.4, 0.5) is 4.79 Å². The molecule has 1 atom stereocenters. The molecule has 1 aromatic rings. The Balaban J connectivity index is 1.61. The summed E-state index contributed by atoms with van der Waals surface area (Å²) >= 11 is 0. The minimum absolute atomic E-state index is 0.0750. The molecule has 0 bridgehead atoms. The van der Waals surface area contributed by atoms with Crippen molar-refractivity contribution in [2.45, 2.75) is 45.3 Å². The molecule has 0 saturated carbocycles. The summed E-state index contributed by atoms with van der Waals surface area (Å²) in [5.41, 5.74) is 0.0166. The lowest BCUT2D eigenvalue weighted by Gasteiger charge is -2.33. The Labute approximate surface area is 147 Å². The molecule has 0 aromatic heterocycles. The van der Waals surface area contributed by atoms with E-state index in [0.717, 1.165) is 12.8 Å². The molecule has 0 radical (unpaired) electrons. The van der Waals surface area contributed by atoms with Crippen molar-refractivity contribution < 1.29 is 23.8 Å². The van der Waals surface area contributed by atoms with Gasteiger partial charge in [-0.15, -0.1) is 0 Å². The van der Waals surface area contributed by atoms with Crippen LogP contribution in [0.25, 0.3) is 0 Å². The molecule has 136 valence electrons. The first kappa shape index (κ1) is 17.4. The van der Waals surface area contributed by atoms with Crippen LogP contribution in [0.15, 0.2) is 18.2 Å². The first-order valence-electron chi connectivity index (χ1n) is 8.50. The van der Waals surface area contributed by atoms with Crippen molar-refractivity contribution in [2.24, 2.45) is 0 Å². The molecule has 2 aliphatic heterocycles. The van der Waals surface area contributed by atoms with E-state index >= 15 is 0 Å². The van der Waals surface area contributed by atoms with Gasteiger partial charge in [-0.2, -0.15) is 0 Å². The maximum atomic E-state index is 12.7. The van der Waals surface area contributed by atoms with E-state index in [0.29, 0.717) is 30.2 Å². The molecular weight excluding hydrogens is 324 g/mol. The number of ether oxygens (including phenoxy) is 3. The van der Waals surface area contributed by atoms with E-state index in [-0.39, 0.29) is 18.7 Å². The highest BCUT2D eigenvalue weighted by molar-refractivity contribution is 5.95. The van der Waals surface area contributed by atoms with Gasteiger partial charge in [0, 0.05) is 24.7 Å². The Kier molecular flexibility index (Phi) is 4.74. The molecule has 0 aliphatic carbocycles. The zero-order valence-corrected chi connectivity index (χ0v) is 14.8. The zero-order valence-electron chi connectivity index (χ0n) is 14.8. The summed E-state index contributed by atoms with van der Waals surface area (Å²) in [7, 11) is 0. The van der Waals surface area contributed by atoms with E-state index in [1.165, 1.54) is 0 Å². The summed E-state index contributed by atoms with van der Waals surface area (Å²) in [6, 6.07) is 5.08. The van der Waals surface area contributed by atoms with Gasteiger partial charge in [-0.1, -0.05) is 0 Å². The van der Waals surface area contributed by atoms with Crippen LogP contribution in [0.1, 0.15) is 44.0 Å². The predicted octanol–water partition coefficient (Wildman–Crippen LogP) is 2.54. The Bertz CT molecular complexity index is 668. The fraction of sp³-hybridized carbons (Fsp3) is 0.556. The van der Waals surface area contributed by atoms with E-state index in [1.807, 2.05) is 20.8 Å². The van der Waals surface area contributed by atoms with Crippen molar-refractivity contribution in [1.82, 2.24) is 10.2 Å². The van der Waals surface area contributed by atoms with Gasteiger partial charge in [-0.25, -0.2) is 4.79 Å². The topological polar surface area (TPSA) is 77.1 Å². The second kappa shape index (κ2) is 6.82. The average molecular weight is 348 g/mol. The molecule has 0 spiro atoms. The molecule has 1 fully saturated rings. The Morgan fingerprint density at radius 2 is 2.00 bits per heavy atom. The van der Waals surface area contributed by atoms with Gasteiger partial charge in [-0.05, 0) is 51.8 Å². The number of nitrogens with one attached hydrogen (secondary N) is 1. The molecule has 2 aliphatic rings. The first-order valence-corrected chi connectivity index (χ1v) is 8.50. The lowest BCUT2D eigenvalue weighted by molar-refractivity contribution is 0.0452. The summed E-state index contributed by atoms with van der Waals surface area (Å²) in [5, 5.41) is 2.85. The normalized spacial score (nSPS) is 19.5. The standard InChI is InChI=1S/C18H24N2O5/c1-18(2,3)25-17(22)19-13-5-4-8-20(10-13)16(21)12-6-7-14-15(9-12)24-11-23-14/h6-7,9,13H,4-5,8,10-11H2,1-3H3,(H,19,22). The Morgan fingerprint density at radius 1 is 1.24 bits per heavy atom. The summed E-state index contributed by atoms with van der Waals surface area (Å²) in [6.07, 6.45) is 1.20. The van der Waals surface area contributed by atoms with Gasteiger partial charge in [0.25, 0.3) is 5.91 Å². The number of nitrogens with zero attached hydrogens (tertiary/aromatic N) is 1. The monoisotopic (exact) mass is 348 g/mol. The highest BCUT2D eigenvalue weighted by Crippen LogP contribution is 2.33. The number of amides is 2. The number of hydrogen-bond donors (Lipinski definition) is 1. The number of likely N-dealkylation sites (tertiary alicyclic amines) is 1. The fourth-order valence-electron chi connectivity index (χ4n) is 2.97. The molecule has 1 unspecified atom stereocenters. The van der Waals surface area contributed by atoms with Crippen molar-refractivity contribution in [3.05, 3.63) is 23.8 Å². The third-order valence-electron chi connectivity index (χ3n) is 4.05. The largest absolute Gasteiger partial charge is 0.454 e. The number of hydrogen-bond acceptors (Lipinski definition) is 5. The number of piperidine rings is 1. The van der Waals surface area contributed by atoms with Crippen LogP contribution in [0, 0.1) is 0 Å². The van der Waals surface area contributed by atoms with Gasteiger partial charge in [0.2, 0.25) is 6.79 Å². The molecule has 2 heterocycles. The van der Waals surface area contributed by atoms with Crippen LogP contribution in [0.2, 0.25) is 0 Å². The van der Waals surface area contributed by atoms with E-state index in [1.54, 1.807) is 23.1 Å². The quantitative estimate of drug-likeness (QED) is 0.889. The van der Waals surface area contributed by atoms with Crippen molar-refractivity contribution in [3.63, 3.8) is 0 Å². The maximum absolute atomic E-state index is 12.7. The fourth-order valence-corrected chi connectivity index (χ4v) is 2.97. The molecule has 1 N–H and O–H groups in total. The second-order valence-corrected chi connectivity index (χ2v) is 7.30. The molecule has 1 saturated heterocycles. The predicted molar refractivity (Wildman–Crippen MR) is 90.9 cm³/mol. The van der Waals surface area contributed by atoms with Crippen molar-refractivity contribution in [1.29, 1.82) is 0 Å². The van der Waals surface area contributed by atoms with Gasteiger partial charge in [0.1, 0.15) is 5.60 Å². The zero-order chi connectivity index (χ0) is 18.0. The third kappa shape index (κ3) is 4.35. The van der Waals surface area contributed by atoms with Crippen LogP contribution in [-0.2, 0) is 4.74 Å². The molecule has 7 heteroatoms.